The molecule has 0 aliphatic heterocycles. The molecule has 2 aromatic carbocycles. The Labute approximate surface area is 278 Å². The molecule has 0 aliphatic rings. The van der Waals surface area contributed by atoms with Gasteiger partial charge < -0.3 is 37.5 Å². The maximum atomic E-state index is 13.5. The first-order valence-corrected chi connectivity index (χ1v) is 16.1. The van der Waals surface area contributed by atoms with Gasteiger partial charge in [0.25, 0.3) is 0 Å². The third-order valence-corrected chi connectivity index (χ3v) is 7.20. The van der Waals surface area contributed by atoms with Crippen LogP contribution in [0, 0.1) is 11.8 Å². The highest BCUT2D eigenvalue weighted by Gasteiger charge is 2.29. The molecule has 0 saturated carbocycles. The molecule has 4 amide bonds. The van der Waals surface area contributed by atoms with E-state index in [1.165, 1.54) is 6.08 Å². The van der Waals surface area contributed by atoms with Gasteiger partial charge in [-0.2, -0.15) is 0 Å². The number of carbonyl (C=O) groups excluding carboxylic acids is 4. The van der Waals surface area contributed by atoms with Crippen LogP contribution in [0.1, 0.15) is 58.1 Å². The summed E-state index contributed by atoms with van der Waals surface area (Å²) in [7, 11) is 0. The van der Waals surface area contributed by atoms with Crippen LogP contribution in [0.2, 0.25) is 0 Å². The number of alkyl carbamates (subject to hydrolysis) is 1. The predicted octanol–water partition coefficient (Wildman–Crippen LogP) is 2.92. The van der Waals surface area contributed by atoms with E-state index in [4.69, 9.17) is 16.2 Å². The molecule has 2 rings (SSSR count). The van der Waals surface area contributed by atoms with Crippen LogP contribution in [0.25, 0.3) is 0 Å². The summed E-state index contributed by atoms with van der Waals surface area (Å²) in [5.74, 6) is -1.19. The quantitative estimate of drug-likeness (QED) is 0.0584. The van der Waals surface area contributed by atoms with Crippen LogP contribution in [0.3, 0.4) is 0 Å². The number of nitrogens with zero attached hydrogens (tertiary/aromatic N) is 1. The first-order chi connectivity index (χ1) is 22.4. The standard InChI is InChI=1S/C35H51N7O5/c1-24(2)21-29(33(45)41-30(25(3)4)22-39-31(43)19-11-17-26-13-7-5-8-14-26)40-32(44)28(18-12-20-38-34(36)37)42-35(46)47-23-27-15-9-6-10-16-27/h5-11,13-16,19,24-25,28-30H,12,17-18,20-23H2,1-4H3,(H,39,43)(H,40,44)(H,41,45)(H,42,46)(H4,36,37,38)/t28-,29-,30-/m1/s1. The lowest BCUT2D eigenvalue weighted by molar-refractivity contribution is -0.131. The van der Waals surface area contributed by atoms with E-state index < -0.39 is 24.1 Å². The largest absolute Gasteiger partial charge is 0.445 e. The van der Waals surface area contributed by atoms with Gasteiger partial charge in [-0.3, -0.25) is 19.4 Å². The molecule has 0 spiro atoms. The number of aliphatic imine (C=N–C) groups is 1. The van der Waals surface area contributed by atoms with Crippen molar-refractivity contribution in [3.63, 3.8) is 0 Å². The highest BCUT2D eigenvalue weighted by atomic mass is 16.5. The van der Waals surface area contributed by atoms with Gasteiger partial charge in [-0.05, 0) is 54.7 Å². The molecule has 8 N–H and O–H groups in total. The third kappa shape index (κ3) is 16.3. The molecular weight excluding hydrogens is 598 g/mol. The second-order valence-electron chi connectivity index (χ2n) is 12.1. The smallest absolute Gasteiger partial charge is 0.408 e. The summed E-state index contributed by atoms with van der Waals surface area (Å²) in [5, 5.41) is 11.3. The molecule has 0 aliphatic carbocycles. The van der Waals surface area contributed by atoms with Gasteiger partial charge in [-0.25, -0.2) is 4.79 Å². The minimum absolute atomic E-state index is 0.00714. The van der Waals surface area contributed by atoms with E-state index in [0.717, 1.165) is 11.1 Å². The first kappa shape index (κ1) is 38.3. The Morgan fingerprint density at radius 1 is 0.830 bits per heavy atom. The average molecular weight is 650 g/mol. The van der Waals surface area contributed by atoms with Crippen molar-refractivity contribution in [1.82, 2.24) is 21.3 Å². The van der Waals surface area contributed by atoms with Gasteiger partial charge in [0, 0.05) is 19.1 Å². The van der Waals surface area contributed by atoms with Crippen molar-refractivity contribution in [2.45, 2.75) is 78.1 Å². The van der Waals surface area contributed by atoms with Crippen LogP contribution < -0.4 is 32.7 Å². The maximum absolute atomic E-state index is 13.5. The van der Waals surface area contributed by atoms with Gasteiger partial charge in [0.1, 0.15) is 18.7 Å². The van der Waals surface area contributed by atoms with Crippen LogP contribution in [0.4, 0.5) is 4.79 Å². The van der Waals surface area contributed by atoms with E-state index in [1.807, 2.05) is 88.4 Å². The molecule has 0 saturated heterocycles. The Morgan fingerprint density at radius 2 is 1.45 bits per heavy atom. The fourth-order valence-electron chi connectivity index (χ4n) is 4.58. The lowest BCUT2D eigenvalue weighted by atomic mass is 9.99. The third-order valence-electron chi connectivity index (χ3n) is 7.20. The summed E-state index contributed by atoms with van der Waals surface area (Å²) in [6.07, 6.45) is 4.09. The first-order valence-electron chi connectivity index (χ1n) is 16.1. The van der Waals surface area contributed by atoms with Gasteiger partial charge in [0.05, 0.1) is 0 Å². The summed E-state index contributed by atoms with van der Waals surface area (Å²) in [5.41, 5.74) is 12.7. The topological polar surface area (TPSA) is 190 Å². The molecule has 12 heteroatoms. The number of amides is 4. The fraction of sp³-hybridized carbons (Fsp3) is 0.457. The Hall–Kier alpha value is -4.87. The Bertz CT molecular complexity index is 1310. The molecule has 0 bridgehead atoms. The van der Waals surface area contributed by atoms with Crippen LogP contribution in [-0.2, 0) is 32.1 Å². The van der Waals surface area contributed by atoms with Crippen molar-refractivity contribution in [3.8, 4) is 0 Å². The molecule has 3 atom stereocenters. The Kier molecular flexibility index (Phi) is 17.1. The Morgan fingerprint density at radius 3 is 2.04 bits per heavy atom. The van der Waals surface area contributed by atoms with Crippen molar-refractivity contribution in [3.05, 3.63) is 83.9 Å². The number of hydrogen-bond donors (Lipinski definition) is 6. The molecule has 0 fully saturated rings. The number of nitrogens with one attached hydrogen (secondary N) is 4. The van der Waals surface area contributed by atoms with E-state index >= 15 is 0 Å². The average Bonchev–Trinajstić information content (AvgIpc) is 3.03. The second kappa shape index (κ2) is 21.0. The normalized spacial score (nSPS) is 13.0. The van der Waals surface area contributed by atoms with Crippen LogP contribution in [0.5, 0.6) is 0 Å². The van der Waals surface area contributed by atoms with E-state index in [0.29, 0.717) is 19.3 Å². The summed E-state index contributed by atoms with van der Waals surface area (Å²) >= 11 is 0. The minimum Gasteiger partial charge on any atom is -0.445 e. The zero-order valence-corrected chi connectivity index (χ0v) is 27.9. The number of ether oxygens (including phenoxy) is 1. The van der Waals surface area contributed by atoms with E-state index in [2.05, 4.69) is 26.3 Å². The monoisotopic (exact) mass is 649 g/mol. The number of carbonyl (C=O) groups is 4. The lowest BCUT2D eigenvalue weighted by Gasteiger charge is -2.28. The van der Waals surface area contributed by atoms with Gasteiger partial charge in [0.2, 0.25) is 17.7 Å². The number of allylic oxidation sites excluding steroid dienone is 1. The molecule has 0 radical (unpaired) electrons. The van der Waals surface area contributed by atoms with E-state index in [9.17, 15) is 19.2 Å². The molecule has 256 valence electrons. The van der Waals surface area contributed by atoms with E-state index in [1.54, 1.807) is 6.08 Å². The molecule has 47 heavy (non-hydrogen) atoms. The molecule has 0 aromatic heterocycles. The second-order valence-corrected chi connectivity index (χ2v) is 12.1. The van der Waals surface area contributed by atoms with Crippen molar-refractivity contribution < 1.29 is 23.9 Å². The van der Waals surface area contributed by atoms with Crippen LogP contribution >= 0.6 is 0 Å². The number of rotatable bonds is 19. The maximum Gasteiger partial charge on any atom is 0.408 e. The number of guanidine groups is 1. The highest BCUT2D eigenvalue weighted by molar-refractivity contribution is 5.91. The summed E-state index contributed by atoms with van der Waals surface area (Å²) in [6, 6.07) is 16.7. The fourth-order valence-corrected chi connectivity index (χ4v) is 4.58. The molecule has 0 heterocycles. The van der Waals surface area contributed by atoms with Crippen molar-refractivity contribution in [2.24, 2.45) is 28.3 Å². The van der Waals surface area contributed by atoms with E-state index in [-0.39, 0.29) is 61.8 Å². The summed E-state index contributed by atoms with van der Waals surface area (Å²) in [6.45, 7) is 8.27. The molecule has 2 aromatic rings. The summed E-state index contributed by atoms with van der Waals surface area (Å²) in [4.78, 5) is 56.1. The summed E-state index contributed by atoms with van der Waals surface area (Å²) < 4.78 is 5.33. The van der Waals surface area contributed by atoms with Gasteiger partial charge in [-0.1, -0.05) is 94.4 Å². The number of benzene rings is 2. The SMILES string of the molecule is CC(C)C[C@@H](NC(=O)[C@@H](CCCN=C(N)N)NC(=O)OCc1ccccc1)C(=O)N[C@H](CNC(=O)C=CCc1ccccc1)C(C)C. The van der Waals surface area contributed by atoms with Crippen molar-refractivity contribution in [1.29, 1.82) is 0 Å². The zero-order chi connectivity index (χ0) is 34.6. The van der Waals surface area contributed by atoms with Crippen molar-refractivity contribution >= 4 is 29.8 Å². The van der Waals surface area contributed by atoms with Crippen LogP contribution in [0.15, 0.2) is 77.8 Å². The predicted molar refractivity (Wildman–Crippen MR) is 184 cm³/mol. The van der Waals surface area contributed by atoms with Crippen LogP contribution in [-0.4, -0.2) is 61.0 Å². The lowest BCUT2D eigenvalue weighted by Crippen LogP contribution is -2.57. The minimum atomic E-state index is -1.00. The molecule has 12 nitrogen and oxygen atoms in total. The molecule has 0 unspecified atom stereocenters. The zero-order valence-electron chi connectivity index (χ0n) is 27.9. The number of hydrogen-bond acceptors (Lipinski definition) is 6. The highest BCUT2D eigenvalue weighted by Crippen LogP contribution is 2.10. The number of nitrogens with two attached hydrogens (primary N) is 2. The Balaban J connectivity index is 2.04. The molecular formula is C35H51N7O5. The van der Waals surface area contributed by atoms with Crippen molar-refractivity contribution in [2.75, 3.05) is 13.1 Å². The van der Waals surface area contributed by atoms with Gasteiger partial charge in [0.15, 0.2) is 5.96 Å². The van der Waals surface area contributed by atoms with Gasteiger partial charge in [-0.15, -0.1) is 0 Å². The van der Waals surface area contributed by atoms with Gasteiger partial charge >= 0.3 is 6.09 Å².